The monoisotopic (exact) mass is 500 g/mol. The molecule has 2 N–H and O–H groups in total. The van der Waals surface area contributed by atoms with Crippen molar-refractivity contribution < 1.29 is 17.9 Å². The van der Waals surface area contributed by atoms with Gasteiger partial charge in [0, 0.05) is 18.7 Å². The number of carbonyl (C=O) groups is 1. The second-order valence-electron chi connectivity index (χ2n) is 8.26. The summed E-state index contributed by atoms with van der Waals surface area (Å²) < 4.78 is 33.5. The third-order valence-electron chi connectivity index (χ3n) is 5.54. The topological polar surface area (TPSA) is 84.5 Å². The van der Waals surface area contributed by atoms with Crippen LogP contribution in [0.4, 0.5) is 5.69 Å². The first kappa shape index (κ1) is 25.2. The maximum absolute atomic E-state index is 12.5. The lowest BCUT2D eigenvalue weighted by atomic mass is 10.1. The molecule has 36 heavy (non-hydrogen) atoms. The van der Waals surface area contributed by atoms with Crippen molar-refractivity contribution in [3.63, 3.8) is 0 Å². The molecule has 0 radical (unpaired) electrons. The van der Waals surface area contributed by atoms with E-state index >= 15 is 0 Å². The van der Waals surface area contributed by atoms with Crippen LogP contribution in [0.2, 0.25) is 0 Å². The van der Waals surface area contributed by atoms with E-state index in [2.05, 4.69) is 10.0 Å². The molecule has 0 aromatic heterocycles. The Kier molecular flexibility index (Phi) is 8.49. The van der Waals surface area contributed by atoms with Crippen LogP contribution < -0.4 is 14.8 Å². The second-order valence-corrected chi connectivity index (χ2v) is 10.0. The Morgan fingerprint density at radius 1 is 0.667 bits per heavy atom. The molecule has 184 valence electrons. The fourth-order valence-electron chi connectivity index (χ4n) is 3.61. The molecule has 0 atom stereocenters. The lowest BCUT2D eigenvalue weighted by Crippen LogP contribution is -2.26. The Balaban J connectivity index is 1.22. The van der Waals surface area contributed by atoms with Crippen molar-refractivity contribution in [2.24, 2.45) is 0 Å². The van der Waals surface area contributed by atoms with Gasteiger partial charge in [-0.15, -0.1) is 0 Å². The van der Waals surface area contributed by atoms with Crippen molar-refractivity contribution in [2.75, 3.05) is 11.9 Å². The number of rotatable bonds is 11. The van der Waals surface area contributed by atoms with E-state index in [0.717, 1.165) is 16.9 Å². The molecule has 0 heterocycles. The van der Waals surface area contributed by atoms with Gasteiger partial charge in [0.2, 0.25) is 15.9 Å². The maximum atomic E-state index is 12.5. The van der Waals surface area contributed by atoms with Crippen molar-refractivity contribution in [3.8, 4) is 11.5 Å². The van der Waals surface area contributed by atoms with Crippen LogP contribution in [0.15, 0.2) is 114 Å². The van der Waals surface area contributed by atoms with Gasteiger partial charge in [0.15, 0.2) is 0 Å². The van der Waals surface area contributed by atoms with Crippen LogP contribution in [0.3, 0.4) is 0 Å². The fourth-order valence-corrected chi connectivity index (χ4v) is 4.64. The summed E-state index contributed by atoms with van der Waals surface area (Å²) in [6, 6.07) is 33.0. The van der Waals surface area contributed by atoms with Crippen LogP contribution in [0.5, 0.6) is 11.5 Å². The fraction of sp³-hybridized carbons (Fsp3) is 0.138. The van der Waals surface area contributed by atoms with E-state index in [4.69, 9.17) is 4.74 Å². The number of hydrogen-bond donors (Lipinski definition) is 2. The van der Waals surface area contributed by atoms with Crippen molar-refractivity contribution in [1.82, 2.24) is 4.72 Å². The Hall–Kier alpha value is -3.94. The van der Waals surface area contributed by atoms with Gasteiger partial charge in [-0.3, -0.25) is 4.79 Å². The number of ether oxygens (including phenoxy) is 1. The molecular weight excluding hydrogens is 472 g/mol. The molecule has 4 rings (SSSR count). The average Bonchev–Trinajstić information content (AvgIpc) is 2.90. The highest BCUT2D eigenvalue weighted by molar-refractivity contribution is 7.89. The Morgan fingerprint density at radius 3 is 1.92 bits per heavy atom. The molecule has 0 saturated carbocycles. The van der Waals surface area contributed by atoms with Crippen LogP contribution >= 0.6 is 0 Å². The van der Waals surface area contributed by atoms with Crippen molar-refractivity contribution in [3.05, 3.63) is 120 Å². The molecule has 0 aliphatic rings. The van der Waals surface area contributed by atoms with E-state index in [1.807, 2.05) is 60.7 Å². The summed E-state index contributed by atoms with van der Waals surface area (Å²) in [4.78, 5) is 12.6. The number of carbonyl (C=O) groups excluding carboxylic acids is 1. The molecule has 0 unspecified atom stereocenters. The van der Waals surface area contributed by atoms with Crippen molar-refractivity contribution >= 4 is 21.6 Å². The van der Waals surface area contributed by atoms with Gasteiger partial charge >= 0.3 is 0 Å². The maximum Gasteiger partial charge on any atom is 0.240 e. The SMILES string of the molecule is O=C(CCc1ccc(S(=O)(=O)NCCc2ccccc2)cc1)Nc1ccc(Oc2ccccc2)cc1. The summed E-state index contributed by atoms with van der Waals surface area (Å²) in [6.07, 6.45) is 1.41. The molecule has 0 aliphatic heterocycles. The van der Waals surface area contributed by atoms with E-state index in [0.29, 0.717) is 30.8 Å². The molecule has 4 aromatic carbocycles. The predicted molar refractivity (Wildman–Crippen MR) is 142 cm³/mol. The summed E-state index contributed by atoms with van der Waals surface area (Å²) >= 11 is 0. The summed E-state index contributed by atoms with van der Waals surface area (Å²) in [7, 11) is -3.58. The lowest BCUT2D eigenvalue weighted by molar-refractivity contribution is -0.116. The first-order valence-electron chi connectivity index (χ1n) is 11.7. The van der Waals surface area contributed by atoms with Crippen molar-refractivity contribution in [2.45, 2.75) is 24.2 Å². The number of hydrogen-bond acceptors (Lipinski definition) is 4. The van der Waals surface area contributed by atoms with E-state index in [1.165, 1.54) is 0 Å². The van der Waals surface area contributed by atoms with Gasteiger partial charge < -0.3 is 10.1 Å². The van der Waals surface area contributed by atoms with Gasteiger partial charge in [-0.2, -0.15) is 0 Å². The van der Waals surface area contributed by atoms with Gasteiger partial charge in [0.25, 0.3) is 0 Å². The number of nitrogens with one attached hydrogen (secondary N) is 2. The molecule has 1 amide bonds. The average molecular weight is 501 g/mol. The number of para-hydroxylation sites is 1. The van der Waals surface area contributed by atoms with Gasteiger partial charge in [-0.25, -0.2) is 13.1 Å². The van der Waals surface area contributed by atoms with Gasteiger partial charge in [-0.1, -0.05) is 60.7 Å². The number of anilines is 1. The van der Waals surface area contributed by atoms with E-state index in [-0.39, 0.29) is 17.2 Å². The summed E-state index contributed by atoms with van der Waals surface area (Å²) in [5.41, 5.74) is 2.65. The zero-order valence-corrected chi connectivity index (χ0v) is 20.6. The van der Waals surface area contributed by atoms with Gasteiger partial charge in [0.1, 0.15) is 11.5 Å². The third-order valence-corrected chi connectivity index (χ3v) is 7.02. The lowest BCUT2D eigenvalue weighted by Gasteiger charge is -2.09. The molecule has 7 heteroatoms. The minimum Gasteiger partial charge on any atom is -0.457 e. The van der Waals surface area contributed by atoms with Gasteiger partial charge in [-0.05, 0) is 72.5 Å². The number of benzene rings is 4. The number of amides is 1. The van der Waals surface area contributed by atoms with E-state index in [9.17, 15) is 13.2 Å². The highest BCUT2D eigenvalue weighted by Crippen LogP contribution is 2.22. The van der Waals surface area contributed by atoms with Crippen LogP contribution in [0.25, 0.3) is 0 Å². The van der Waals surface area contributed by atoms with Crippen LogP contribution in [-0.4, -0.2) is 20.9 Å². The highest BCUT2D eigenvalue weighted by atomic mass is 32.2. The Labute approximate surface area is 212 Å². The zero-order chi connectivity index (χ0) is 25.2. The number of aryl methyl sites for hydroxylation is 1. The van der Waals surface area contributed by atoms with E-state index < -0.39 is 10.0 Å². The summed E-state index contributed by atoms with van der Waals surface area (Å²) in [5.74, 6) is 1.31. The zero-order valence-electron chi connectivity index (χ0n) is 19.8. The molecule has 0 spiro atoms. The largest absolute Gasteiger partial charge is 0.457 e. The Bertz CT molecular complexity index is 1360. The molecule has 0 saturated heterocycles. The molecule has 0 bridgehead atoms. The molecule has 0 aliphatic carbocycles. The molecular formula is C29H28N2O4S. The predicted octanol–water partition coefficient (Wildman–Crippen LogP) is 5.57. The Morgan fingerprint density at radius 2 is 1.25 bits per heavy atom. The minimum absolute atomic E-state index is 0.119. The summed E-state index contributed by atoms with van der Waals surface area (Å²) in [6.45, 7) is 0.327. The third kappa shape index (κ3) is 7.53. The standard InChI is InChI=1S/C29H28N2O4S/c32-29(31-25-14-16-27(17-15-25)35-26-9-5-2-6-10-26)20-13-24-11-18-28(19-12-24)36(33,34)30-22-21-23-7-3-1-4-8-23/h1-12,14-19,30H,13,20-22H2,(H,31,32). The first-order valence-corrected chi connectivity index (χ1v) is 13.2. The smallest absolute Gasteiger partial charge is 0.240 e. The second kappa shape index (κ2) is 12.2. The van der Waals surface area contributed by atoms with Gasteiger partial charge in [0.05, 0.1) is 4.90 Å². The van der Waals surface area contributed by atoms with Crippen molar-refractivity contribution in [1.29, 1.82) is 0 Å². The first-order chi connectivity index (χ1) is 17.5. The normalized spacial score (nSPS) is 11.1. The molecule has 6 nitrogen and oxygen atoms in total. The van der Waals surface area contributed by atoms with Crippen LogP contribution in [0, 0.1) is 0 Å². The van der Waals surface area contributed by atoms with Crippen LogP contribution in [0.1, 0.15) is 17.5 Å². The number of sulfonamides is 1. The van der Waals surface area contributed by atoms with Crippen LogP contribution in [-0.2, 0) is 27.7 Å². The highest BCUT2D eigenvalue weighted by Gasteiger charge is 2.13. The molecule has 0 fully saturated rings. The summed E-state index contributed by atoms with van der Waals surface area (Å²) in [5, 5.41) is 2.88. The van der Waals surface area contributed by atoms with E-state index in [1.54, 1.807) is 48.5 Å². The quantitative estimate of drug-likeness (QED) is 0.282. The molecule has 4 aromatic rings. The minimum atomic E-state index is -3.58.